The van der Waals surface area contributed by atoms with Gasteiger partial charge in [0.25, 0.3) is 5.91 Å². The van der Waals surface area contributed by atoms with E-state index < -0.39 is 53.7 Å². The molecule has 0 radical (unpaired) electrons. The van der Waals surface area contributed by atoms with E-state index in [1.54, 1.807) is 48.5 Å². The van der Waals surface area contributed by atoms with E-state index in [2.05, 4.69) is 57.4 Å². The summed E-state index contributed by atoms with van der Waals surface area (Å²) >= 11 is 0. The van der Waals surface area contributed by atoms with Gasteiger partial charge in [0.1, 0.15) is 54.9 Å². The molecule has 0 saturated carbocycles. The molecule has 372 valence electrons. The molecule has 2 heterocycles. The van der Waals surface area contributed by atoms with Crippen molar-refractivity contribution in [1.82, 2.24) is 25.8 Å². The minimum absolute atomic E-state index is 0.0255. The summed E-state index contributed by atoms with van der Waals surface area (Å²) in [4.78, 5) is 77.1. The maximum Gasteiger partial charge on any atom is 0.251 e. The Bertz CT molecular complexity index is 2690. The molecule has 17 nitrogen and oxygen atoms in total. The van der Waals surface area contributed by atoms with E-state index in [0.29, 0.717) is 58.7 Å². The number of likely N-dealkylation sites (N-methyl/N-ethyl adjacent to an activating group) is 1. The smallest absolute Gasteiger partial charge is 0.251 e. The van der Waals surface area contributed by atoms with E-state index in [-0.39, 0.29) is 50.4 Å². The number of unbranched alkanes of at least 4 members (excludes halogenated alkanes) is 2. The highest BCUT2D eigenvalue weighted by molar-refractivity contribution is 6.01. The summed E-state index contributed by atoms with van der Waals surface area (Å²) < 4.78 is 12.3. The van der Waals surface area contributed by atoms with Crippen molar-refractivity contribution in [2.45, 2.75) is 83.0 Å². The fourth-order valence-electron chi connectivity index (χ4n) is 8.32. The number of nitrogens with zero attached hydrogens (tertiary/aromatic N) is 3. The molecule has 0 saturated heterocycles. The number of hydrogen-bond donors (Lipinski definition) is 7. The van der Waals surface area contributed by atoms with Gasteiger partial charge in [-0.2, -0.15) is 5.26 Å². The van der Waals surface area contributed by atoms with Crippen molar-refractivity contribution in [3.63, 3.8) is 0 Å². The summed E-state index contributed by atoms with van der Waals surface area (Å²) in [6.07, 6.45) is 7.24. The lowest BCUT2D eigenvalue weighted by Gasteiger charge is -2.33. The summed E-state index contributed by atoms with van der Waals surface area (Å²) in [6.45, 7) is 4.66. The summed E-state index contributed by atoms with van der Waals surface area (Å²) in [5, 5.41) is 20.9. The Hall–Kier alpha value is -7.65. The number of benzene rings is 4. The van der Waals surface area contributed by atoms with E-state index >= 15 is 0 Å². The van der Waals surface area contributed by atoms with Gasteiger partial charge in [0.05, 0.1) is 11.3 Å². The van der Waals surface area contributed by atoms with Gasteiger partial charge >= 0.3 is 0 Å². The van der Waals surface area contributed by atoms with E-state index in [9.17, 15) is 29.2 Å². The summed E-state index contributed by atoms with van der Waals surface area (Å²) in [5.74, 6) is -2.34. The number of ether oxygens (including phenoxy) is 2. The Kier molecular flexibility index (Phi) is 19.2. The van der Waals surface area contributed by atoms with Crippen LogP contribution in [0.1, 0.15) is 84.6 Å². The molecule has 1 aliphatic rings. The van der Waals surface area contributed by atoms with Crippen molar-refractivity contribution in [1.29, 1.82) is 5.26 Å². The maximum absolute atomic E-state index is 14.9. The monoisotopic (exact) mass is 964 g/mol. The molecular weight excluding hydrogens is 901 g/mol. The number of nitrogens with two attached hydrogens (primary N) is 3. The second kappa shape index (κ2) is 25.8. The zero-order chi connectivity index (χ0) is 50.9. The molecule has 0 unspecified atom stereocenters. The lowest BCUT2D eigenvalue weighted by Crippen LogP contribution is -2.55. The summed E-state index contributed by atoms with van der Waals surface area (Å²) in [5.41, 5.74) is 23.4. The molecule has 4 atom stereocenters. The van der Waals surface area contributed by atoms with Crippen LogP contribution in [0.25, 0.3) is 22.3 Å². The molecule has 0 spiro atoms. The van der Waals surface area contributed by atoms with Gasteiger partial charge in [-0.3, -0.25) is 29.0 Å². The first kappa shape index (κ1) is 52.7. The number of nitrogens with one attached hydrogen (secondary N) is 4. The molecular formula is C54H64N10O7. The fourth-order valence-corrected chi connectivity index (χ4v) is 8.32. The maximum atomic E-state index is 14.9. The van der Waals surface area contributed by atoms with Gasteiger partial charge in [0.2, 0.25) is 23.6 Å². The molecule has 5 aromatic rings. The molecule has 1 aliphatic heterocycles. The molecule has 4 aromatic carbocycles. The number of hydrogen-bond acceptors (Lipinski definition) is 12. The number of pyridine rings is 1. The van der Waals surface area contributed by atoms with Gasteiger partial charge in [-0.1, -0.05) is 61.9 Å². The molecule has 1 aromatic heterocycles. The van der Waals surface area contributed by atoms with E-state index in [1.807, 2.05) is 18.2 Å². The third-order valence-corrected chi connectivity index (χ3v) is 12.2. The number of aromatic nitrogens is 1. The van der Waals surface area contributed by atoms with Crippen LogP contribution in [0.2, 0.25) is 0 Å². The van der Waals surface area contributed by atoms with Gasteiger partial charge in [0.15, 0.2) is 0 Å². The van der Waals surface area contributed by atoms with Crippen LogP contribution in [0.15, 0.2) is 103 Å². The SMILES string of the molecule is CCCCc1ccc(-c2ccc(C(=O)N[C@@H](CCCCN)C(=O)N(C)[C@@H]3C(=O)N[C@@H](C)C(=O)N[C@H](C(=O)Nc4ccncc4C#N)Cc4ccc(OCCN)c(c4)-c4cc3ccc4OCCN)cc2)cc1. The third kappa shape index (κ3) is 13.8. The highest BCUT2D eigenvalue weighted by Crippen LogP contribution is 2.40. The van der Waals surface area contributed by atoms with Crippen molar-refractivity contribution >= 4 is 35.2 Å². The molecule has 0 fully saturated rings. The van der Waals surface area contributed by atoms with Crippen molar-refractivity contribution < 1.29 is 33.4 Å². The van der Waals surface area contributed by atoms with Gasteiger partial charge in [-0.25, -0.2) is 0 Å². The van der Waals surface area contributed by atoms with Crippen LogP contribution in [-0.2, 0) is 32.0 Å². The van der Waals surface area contributed by atoms with E-state index in [1.165, 1.54) is 42.9 Å². The molecule has 71 heavy (non-hydrogen) atoms. The van der Waals surface area contributed by atoms with E-state index in [4.69, 9.17) is 26.7 Å². The van der Waals surface area contributed by atoms with Crippen LogP contribution < -0.4 is 47.9 Å². The predicted octanol–water partition coefficient (Wildman–Crippen LogP) is 4.92. The minimum atomic E-state index is -1.38. The Morgan fingerprint density at radius 2 is 1.49 bits per heavy atom. The van der Waals surface area contributed by atoms with Gasteiger partial charge < -0.3 is 52.8 Å². The fraction of sp³-hybridized carbons (Fsp3) is 0.352. The quantitative estimate of drug-likeness (QED) is 0.0513. The minimum Gasteiger partial charge on any atom is -0.492 e. The average molecular weight is 965 g/mol. The van der Waals surface area contributed by atoms with Crippen molar-refractivity contribution in [2.75, 3.05) is 45.2 Å². The number of rotatable bonds is 20. The summed E-state index contributed by atoms with van der Waals surface area (Å²) in [6, 6.07) is 24.4. The number of fused-ring (bicyclic) bond motifs is 5. The first-order valence-corrected chi connectivity index (χ1v) is 24.0. The highest BCUT2D eigenvalue weighted by atomic mass is 16.5. The molecule has 10 N–H and O–H groups in total. The largest absolute Gasteiger partial charge is 0.492 e. The molecule has 0 aliphatic carbocycles. The van der Waals surface area contributed by atoms with E-state index in [0.717, 1.165) is 30.4 Å². The second-order valence-electron chi connectivity index (χ2n) is 17.4. The van der Waals surface area contributed by atoms with Crippen LogP contribution in [0.5, 0.6) is 11.5 Å². The van der Waals surface area contributed by atoms with Crippen molar-refractivity contribution in [3.8, 4) is 39.8 Å². The highest BCUT2D eigenvalue weighted by Gasteiger charge is 2.36. The Morgan fingerprint density at radius 3 is 2.14 bits per heavy atom. The first-order valence-electron chi connectivity index (χ1n) is 24.0. The summed E-state index contributed by atoms with van der Waals surface area (Å²) in [7, 11) is 1.47. The molecule has 4 bridgehead atoms. The Balaban J connectivity index is 1.38. The molecule has 6 rings (SSSR count). The van der Waals surface area contributed by atoms with Crippen molar-refractivity contribution in [3.05, 3.63) is 131 Å². The van der Waals surface area contributed by atoms with Crippen LogP contribution in [0.4, 0.5) is 5.69 Å². The lowest BCUT2D eigenvalue weighted by atomic mass is 9.93. The normalized spacial score (nSPS) is 16.0. The molecule has 5 amide bonds. The predicted molar refractivity (Wildman–Crippen MR) is 272 cm³/mol. The number of nitriles is 1. The van der Waals surface area contributed by atoms with Gasteiger partial charge in [-0.05, 0) is 116 Å². The number of carbonyl (C=O) groups is 5. The van der Waals surface area contributed by atoms with Crippen LogP contribution in [0.3, 0.4) is 0 Å². The topological polar surface area (TPSA) is 270 Å². The van der Waals surface area contributed by atoms with Crippen LogP contribution in [0, 0.1) is 11.3 Å². The standard InChI is InChI=1S/C54H64N10O7/c1-4-5-8-35-10-13-37(14-11-35)38-15-17-39(18-16-38)51(66)62-45(9-6-7-23-55)54(69)64(3)49-40-19-21-48(71-28-25-57)43(31-40)42-29-36(12-20-47(42)70-27-24-56)30-46(63-50(65)34(2)60-53(49)68)52(67)61-44-22-26-59-33-41(44)32-58/h10-22,26,29,31,33-34,45-46,49H,4-9,23-25,27-28,30,55-57H2,1-3H3,(H,60,68)(H,62,66)(H,63,65)(H,59,61,67)/t34-,45-,46-,49-/m0/s1. The molecule has 17 heteroatoms. The number of carbonyl (C=O) groups excluding carboxylic acids is 5. The van der Waals surface area contributed by atoms with Gasteiger partial charge in [0, 0.05) is 55.6 Å². The zero-order valence-electron chi connectivity index (χ0n) is 40.5. The zero-order valence-corrected chi connectivity index (χ0v) is 40.5. The second-order valence-corrected chi connectivity index (χ2v) is 17.4. The average Bonchev–Trinajstić information content (AvgIpc) is 3.38. The third-order valence-electron chi connectivity index (χ3n) is 12.2. The van der Waals surface area contributed by atoms with Crippen molar-refractivity contribution in [2.24, 2.45) is 17.2 Å². The number of anilines is 1. The van der Waals surface area contributed by atoms with Gasteiger partial charge in [-0.15, -0.1) is 0 Å². The first-order chi connectivity index (χ1) is 34.4. The lowest BCUT2D eigenvalue weighted by molar-refractivity contribution is -0.141. The Labute approximate surface area is 414 Å². The number of amides is 5. The number of aryl methyl sites for hydroxylation is 1. The van der Waals surface area contributed by atoms with Crippen LogP contribution in [-0.4, -0.2) is 97.4 Å². The van der Waals surface area contributed by atoms with Crippen LogP contribution >= 0.6 is 0 Å². The Morgan fingerprint density at radius 1 is 0.831 bits per heavy atom.